The topological polar surface area (TPSA) is 74.1 Å². The van der Waals surface area contributed by atoms with Crippen molar-refractivity contribution in [2.75, 3.05) is 26.5 Å². The van der Waals surface area contributed by atoms with E-state index in [9.17, 15) is 0 Å². The molecule has 2 aromatic carbocycles. The number of hydrogen-bond donors (Lipinski definition) is 1. The van der Waals surface area contributed by atoms with Gasteiger partial charge in [0.15, 0.2) is 11.5 Å². The first-order chi connectivity index (χ1) is 13.2. The Morgan fingerprint density at radius 3 is 2.67 bits per heavy atom. The third-order valence-corrected chi connectivity index (χ3v) is 5.51. The van der Waals surface area contributed by atoms with Crippen LogP contribution in [0.3, 0.4) is 0 Å². The van der Waals surface area contributed by atoms with Gasteiger partial charge in [-0.3, -0.25) is 0 Å². The van der Waals surface area contributed by atoms with Gasteiger partial charge in [0.25, 0.3) is 0 Å². The molecule has 9 heteroatoms. The molecule has 1 heterocycles. The number of nitrogens with one attached hydrogen (secondary N) is 1. The van der Waals surface area contributed by atoms with Crippen LogP contribution in [0.15, 0.2) is 52.1 Å². The third kappa shape index (κ3) is 4.79. The Hall–Kier alpha value is -2.10. The van der Waals surface area contributed by atoms with Gasteiger partial charge in [-0.25, -0.2) is 0 Å². The molecule has 0 bridgehead atoms. The second kappa shape index (κ2) is 9.72. The van der Waals surface area contributed by atoms with Gasteiger partial charge < -0.3 is 14.8 Å². The van der Waals surface area contributed by atoms with Gasteiger partial charge in [0, 0.05) is 28.9 Å². The number of rotatable bonds is 9. The normalized spacial score (nSPS) is 10.8. The molecular formula is C18H20BrN5O2S. The second-order valence-corrected chi connectivity index (χ2v) is 7.41. The average Bonchev–Trinajstić information content (AvgIpc) is 3.17. The summed E-state index contributed by atoms with van der Waals surface area (Å²) in [5, 5.41) is 16.1. The Kier molecular flexibility index (Phi) is 7.08. The van der Waals surface area contributed by atoms with Crippen LogP contribution in [0.4, 0.5) is 0 Å². The van der Waals surface area contributed by atoms with E-state index in [2.05, 4.69) is 36.8 Å². The van der Waals surface area contributed by atoms with Crippen LogP contribution in [0.25, 0.3) is 5.69 Å². The van der Waals surface area contributed by atoms with Crippen LogP contribution in [-0.2, 0) is 6.54 Å². The highest BCUT2D eigenvalue weighted by molar-refractivity contribution is 9.10. The molecule has 7 nitrogen and oxygen atoms in total. The number of benzene rings is 2. The minimum absolute atomic E-state index is 0.658. The van der Waals surface area contributed by atoms with Crippen LogP contribution in [0, 0.1) is 0 Å². The number of aromatic nitrogens is 4. The van der Waals surface area contributed by atoms with Gasteiger partial charge in [-0.15, -0.1) is 5.10 Å². The molecule has 0 aliphatic rings. The first-order valence-electron chi connectivity index (χ1n) is 8.31. The molecule has 0 fully saturated rings. The first-order valence-corrected chi connectivity index (χ1v) is 10.1. The van der Waals surface area contributed by atoms with Crippen molar-refractivity contribution in [3.8, 4) is 17.2 Å². The number of para-hydroxylation sites is 1. The Labute approximate surface area is 170 Å². The molecule has 142 valence electrons. The van der Waals surface area contributed by atoms with E-state index in [1.807, 2.05) is 42.5 Å². The molecule has 0 unspecified atom stereocenters. The number of hydrogen-bond acceptors (Lipinski definition) is 7. The molecule has 27 heavy (non-hydrogen) atoms. The quantitative estimate of drug-likeness (QED) is 0.396. The standard InChI is InChI=1S/C18H20BrN5O2S/c1-25-16-9-8-15(19)14(17(16)26-2)12-20-10-11-27-18-21-22-23-24(18)13-6-4-3-5-7-13/h3-9,20H,10-12H2,1-2H3. The summed E-state index contributed by atoms with van der Waals surface area (Å²) in [5.74, 6) is 2.28. The maximum absolute atomic E-state index is 5.50. The smallest absolute Gasteiger partial charge is 0.214 e. The van der Waals surface area contributed by atoms with E-state index in [0.29, 0.717) is 12.3 Å². The Morgan fingerprint density at radius 1 is 1.11 bits per heavy atom. The van der Waals surface area contributed by atoms with Crippen LogP contribution in [-0.4, -0.2) is 46.7 Å². The van der Waals surface area contributed by atoms with E-state index < -0.39 is 0 Å². The molecule has 0 amide bonds. The lowest BCUT2D eigenvalue weighted by Gasteiger charge is -2.15. The van der Waals surface area contributed by atoms with E-state index in [0.717, 1.165) is 38.9 Å². The Bertz CT molecular complexity index is 875. The number of halogens is 1. The van der Waals surface area contributed by atoms with Crippen molar-refractivity contribution in [1.29, 1.82) is 0 Å². The maximum Gasteiger partial charge on any atom is 0.214 e. The molecule has 1 aromatic heterocycles. The Morgan fingerprint density at radius 2 is 1.93 bits per heavy atom. The van der Waals surface area contributed by atoms with Crippen molar-refractivity contribution >= 4 is 27.7 Å². The summed E-state index contributed by atoms with van der Waals surface area (Å²) in [4.78, 5) is 0. The monoisotopic (exact) mass is 449 g/mol. The van der Waals surface area contributed by atoms with Crippen molar-refractivity contribution in [2.24, 2.45) is 0 Å². The van der Waals surface area contributed by atoms with Gasteiger partial charge in [0.1, 0.15) is 0 Å². The highest BCUT2D eigenvalue weighted by Gasteiger charge is 2.13. The van der Waals surface area contributed by atoms with Crippen molar-refractivity contribution in [3.05, 3.63) is 52.5 Å². The molecule has 0 aliphatic heterocycles. The third-order valence-electron chi connectivity index (χ3n) is 3.84. The van der Waals surface area contributed by atoms with Crippen LogP contribution >= 0.6 is 27.7 Å². The predicted octanol–water partition coefficient (Wildman–Crippen LogP) is 3.32. The second-order valence-electron chi connectivity index (χ2n) is 5.50. The molecule has 0 atom stereocenters. The van der Waals surface area contributed by atoms with Crippen molar-refractivity contribution < 1.29 is 9.47 Å². The minimum Gasteiger partial charge on any atom is -0.493 e. The molecule has 3 aromatic rings. The molecular weight excluding hydrogens is 430 g/mol. The number of methoxy groups -OCH3 is 2. The van der Waals surface area contributed by atoms with Crippen LogP contribution in [0.5, 0.6) is 11.5 Å². The lowest BCUT2D eigenvalue weighted by molar-refractivity contribution is 0.350. The summed E-state index contributed by atoms with van der Waals surface area (Å²) < 4.78 is 13.6. The summed E-state index contributed by atoms with van der Waals surface area (Å²) in [5.41, 5.74) is 1.97. The zero-order chi connectivity index (χ0) is 19.1. The fourth-order valence-corrected chi connectivity index (χ4v) is 3.80. The van der Waals surface area contributed by atoms with E-state index in [1.54, 1.807) is 30.7 Å². The molecule has 0 saturated heterocycles. The average molecular weight is 450 g/mol. The van der Waals surface area contributed by atoms with E-state index in [1.165, 1.54) is 0 Å². The summed E-state index contributed by atoms with van der Waals surface area (Å²) in [6.45, 7) is 1.45. The summed E-state index contributed by atoms with van der Waals surface area (Å²) in [7, 11) is 3.28. The van der Waals surface area contributed by atoms with Gasteiger partial charge in [-0.1, -0.05) is 45.9 Å². The fourth-order valence-electron chi connectivity index (χ4n) is 2.56. The molecule has 3 rings (SSSR count). The van der Waals surface area contributed by atoms with Crippen LogP contribution < -0.4 is 14.8 Å². The molecule has 0 radical (unpaired) electrons. The highest BCUT2D eigenvalue weighted by atomic mass is 79.9. The van der Waals surface area contributed by atoms with Gasteiger partial charge in [-0.05, 0) is 34.7 Å². The molecule has 0 aliphatic carbocycles. The highest BCUT2D eigenvalue weighted by Crippen LogP contribution is 2.35. The lowest BCUT2D eigenvalue weighted by Crippen LogP contribution is -2.18. The fraction of sp³-hybridized carbons (Fsp3) is 0.278. The summed E-state index contributed by atoms with van der Waals surface area (Å²) in [6, 6.07) is 13.7. The zero-order valence-corrected chi connectivity index (χ0v) is 17.5. The summed E-state index contributed by atoms with van der Waals surface area (Å²) >= 11 is 5.18. The SMILES string of the molecule is COc1ccc(Br)c(CNCCSc2nnnn2-c2ccccc2)c1OC. The number of thioether (sulfide) groups is 1. The molecule has 1 N–H and O–H groups in total. The van der Waals surface area contributed by atoms with Crippen molar-refractivity contribution in [2.45, 2.75) is 11.7 Å². The molecule has 0 saturated carbocycles. The summed E-state index contributed by atoms with van der Waals surface area (Å²) in [6.07, 6.45) is 0. The van der Waals surface area contributed by atoms with Gasteiger partial charge in [0.2, 0.25) is 5.16 Å². The number of tetrazole rings is 1. The van der Waals surface area contributed by atoms with Crippen molar-refractivity contribution in [3.63, 3.8) is 0 Å². The van der Waals surface area contributed by atoms with Gasteiger partial charge in [-0.2, -0.15) is 4.68 Å². The Balaban J connectivity index is 1.55. The van der Waals surface area contributed by atoms with Crippen LogP contribution in [0.2, 0.25) is 0 Å². The first kappa shape index (κ1) is 19.7. The minimum atomic E-state index is 0.658. The largest absolute Gasteiger partial charge is 0.493 e. The number of ether oxygens (including phenoxy) is 2. The maximum atomic E-state index is 5.50. The van der Waals surface area contributed by atoms with Crippen molar-refractivity contribution in [1.82, 2.24) is 25.5 Å². The lowest BCUT2D eigenvalue weighted by atomic mass is 10.2. The van der Waals surface area contributed by atoms with Gasteiger partial charge in [0.05, 0.1) is 19.9 Å². The number of nitrogens with zero attached hydrogens (tertiary/aromatic N) is 4. The zero-order valence-electron chi connectivity index (χ0n) is 15.1. The van der Waals surface area contributed by atoms with Crippen LogP contribution in [0.1, 0.15) is 5.56 Å². The van der Waals surface area contributed by atoms with E-state index in [4.69, 9.17) is 9.47 Å². The van der Waals surface area contributed by atoms with E-state index in [-0.39, 0.29) is 0 Å². The molecule has 0 spiro atoms. The predicted molar refractivity (Wildman–Crippen MR) is 109 cm³/mol. The van der Waals surface area contributed by atoms with E-state index >= 15 is 0 Å². The van der Waals surface area contributed by atoms with Gasteiger partial charge >= 0.3 is 0 Å².